The number of nitrogens with one attached hydrogen (secondary N) is 1. The number of carbonyl (C=O) groups is 4. The lowest BCUT2D eigenvalue weighted by Gasteiger charge is -2.15. The van der Waals surface area contributed by atoms with Crippen LogP contribution in [0, 0.1) is 0 Å². The molecular weight excluding hydrogens is 508 g/mol. The maximum Gasteiger partial charge on any atom is 0.338 e. The smallest absolute Gasteiger partial charge is 0.338 e. The molecule has 2 N–H and O–H groups in total. The first-order chi connectivity index (χ1) is 19.4. The van der Waals surface area contributed by atoms with Gasteiger partial charge in [0.2, 0.25) is 0 Å². The molecule has 0 saturated carbocycles. The van der Waals surface area contributed by atoms with Gasteiger partial charge in [-0.1, -0.05) is 73.8 Å². The van der Waals surface area contributed by atoms with Crippen LogP contribution in [0.1, 0.15) is 75.1 Å². The number of hydrogen-bond donors (Lipinski definition) is 2. The van der Waals surface area contributed by atoms with Crippen molar-refractivity contribution in [1.29, 1.82) is 0 Å². The molecule has 0 aliphatic carbocycles. The molecule has 1 heterocycles. The number of nitrogens with zero attached hydrogens (tertiary/aromatic N) is 1. The molecule has 1 aromatic heterocycles. The molecule has 40 heavy (non-hydrogen) atoms. The van der Waals surface area contributed by atoms with Gasteiger partial charge in [0.1, 0.15) is 6.04 Å². The summed E-state index contributed by atoms with van der Waals surface area (Å²) in [6, 6.07) is 1.75. The van der Waals surface area contributed by atoms with Crippen molar-refractivity contribution in [3.05, 3.63) is 103 Å². The number of rotatable bonds is 19. The van der Waals surface area contributed by atoms with Crippen molar-refractivity contribution in [2.24, 2.45) is 0 Å². The zero-order chi connectivity index (χ0) is 29.3. The van der Waals surface area contributed by atoms with Gasteiger partial charge in [-0.3, -0.25) is 14.6 Å². The SMILES string of the molecule is CCC=CCC=CCC=CCC=CCC=CCC/C=C/C(=O)OC(=O)C(CCC(=O)O)NC(=O)c1cccnc1. The molecule has 0 aliphatic rings. The Hall–Kier alpha value is -4.33. The first-order valence-corrected chi connectivity index (χ1v) is 13.5. The molecule has 1 amide bonds. The summed E-state index contributed by atoms with van der Waals surface area (Å²) in [5, 5.41) is 11.3. The second-order valence-electron chi connectivity index (χ2n) is 8.63. The zero-order valence-electron chi connectivity index (χ0n) is 23.1. The van der Waals surface area contributed by atoms with Crippen molar-refractivity contribution in [2.75, 3.05) is 0 Å². The number of aromatic nitrogens is 1. The number of carboxylic acid groups (broad SMARTS) is 1. The van der Waals surface area contributed by atoms with Gasteiger partial charge in [0.25, 0.3) is 5.91 Å². The maximum atomic E-state index is 12.4. The lowest BCUT2D eigenvalue weighted by atomic mass is 10.1. The average Bonchev–Trinajstić information content (AvgIpc) is 2.94. The van der Waals surface area contributed by atoms with E-state index in [9.17, 15) is 19.2 Å². The quantitative estimate of drug-likeness (QED) is 0.0693. The van der Waals surface area contributed by atoms with Gasteiger partial charge in [0.05, 0.1) is 5.56 Å². The summed E-state index contributed by atoms with van der Waals surface area (Å²) >= 11 is 0. The number of allylic oxidation sites excluding steroid dienone is 11. The van der Waals surface area contributed by atoms with Crippen LogP contribution >= 0.6 is 0 Å². The summed E-state index contributed by atoms with van der Waals surface area (Å²) < 4.78 is 4.79. The highest BCUT2D eigenvalue weighted by Crippen LogP contribution is 2.05. The molecule has 1 unspecified atom stereocenters. The summed E-state index contributed by atoms with van der Waals surface area (Å²) in [7, 11) is 0. The van der Waals surface area contributed by atoms with E-state index in [0.717, 1.165) is 38.2 Å². The van der Waals surface area contributed by atoms with E-state index in [1.54, 1.807) is 12.1 Å². The van der Waals surface area contributed by atoms with Gasteiger partial charge in [0, 0.05) is 24.9 Å². The number of carbonyl (C=O) groups excluding carboxylic acids is 3. The number of esters is 2. The molecule has 0 saturated heterocycles. The number of pyridine rings is 1. The van der Waals surface area contributed by atoms with Crippen LogP contribution in [-0.4, -0.2) is 39.9 Å². The maximum absolute atomic E-state index is 12.4. The number of aliphatic carboxylic acids is 1. The largest absolute Gasteiger partial charge is 0.481 e. The molecule has 8 nitrogen and oxygen atoms in total. The second-order valence-corrected chi connectivity index (χ2v) is 8.63. The third kappa shape index (κ3) is 18.0. The lowest BCUT2D eigenvalue weighted by molar-refractivity contribution is -0.157. The normalized spacial score (nSPS) is 12.8. The predicted octanol–water partition coefficient (Wildman–Crippen LogP) is 6.20. The Balaban J connectivity index is 2.30. The van der Waals surface area contributed by atoms with Crippen LogP contribution in [0.2, 0.25) is 0 Å². The van der Waals surface area contributed by atoms with Gasteiger partial charge in [-0.25, -0.2) is 9.59 Å². The van der Waals surface area contributed by atoms with Crippen molar-refractivity contribution in [1.82, 2.24) is 10.3 Å². The summed E-state index contributed by atoms with van der Waals surface area (Å²) in [5.41, 5.74) is 0.192. The summed E-state index contributed by atoms with van der Waals surface area (Å²) in [5.74, 6) is -3.68. The van der Waals surface area contributed by atoms with E-state index in [4.69, 9.17) is 9.84 Å². The van der Waals surface area contributed by atoms with Crippen LogP contribution in [0.5, 0.6) is 0 Å². The molecule has 0 aliphatic heterocycles. The fraction of sp³-hybridized carbons (Fsp3) is 0.344. The Labute approximate surface area is 236 Å². The van der Waals surface area contributed by atoms with E-state index in [1.807, 2.05) is 12.2 Å². The summed E-state index contributed by atoms with van der Waals surface area (Å²) in [4.78, 5) is 51.5. The lowest BCUT2D eigenvalue weighted by Crippen LogP contribution is -2.42. The van der Waals surface area contributed by atoms with E-state index in [-0.39, 0.29) is 18.4 Å². The number of ether oxygens (including phenoxy) is 1. The van der Waals surface area contributed by atoms with E-state index in [1.165, 1.54) is 18.5 Å². The van der Waals surface area contributed by atoms with E-state index < -0.39 is 29.9 Å². The standard InChI is InChI=1S/C32H40N2O6/c1-2-3-4-5-6-7-8-9-10-11-12-13-14-15-16-17-18-19-22-30(37)40-32(39)28(23-24-29(35)36)34-31(38)27-21-20-25-33-26-27/h3-4,6-7,9-10,12-13,15-16,19-22,25-26,28H,2,5,8,11,14,17-18,23-24H2,1H3,(H,34,38)(H,35,36)/b4-3?,7-6?,10-9?,13-12?,16-15?,22-19+. The molecule has 1 atom stereocenters. The minimum absolute atomic E-state index is 0.192. The van der Waals surface area contributed by atoms with E-state index >= 15 is 0 Å². The van der Waals surface area contributed by atoms with Gasteiger partial charge < -0.3 is 15.2 Å². The average molecular weight is 549 g/mol. The number of unbranched alkanes of at least 4 members (excludes halogenated alkanes) is 1. The fourth-order valence-corrected chi connectivity index (χ4v) is 3.20. The Morgan fingerprint density at radius 2 is 1.45 bits per heavy atom. The Bertz CT molecular complexity index is 1080. The van der Waals surface area contributed by atoms with Crippen molar-refractivity contribution >= 4 is 23.8 Å². The first kappa shape index (κ1) is 33.7. The van der Waals surface area contributed by atoms with Gasteiger partial charge >= 0.3 is 17.9 Å². The highest BCUT2D eigenvalue weighted by molar-refractivity contribution is 5.99. The molecule has 0 aromatic carbocycles. The molecule has 1 rings (SSSR count). The number of carboxylic acids is 1. The third-order valence-electron chi connectivity index (χ3n) is 5.27. The Morgan fingerprint density at radius 3 is 2.00 bits per heavy atom. The van der Waals surface area contributed by atoms with E-state index in [2.05, 4.69) is 65.8 Å². The monoisotopic (exact) mass is 548 g/mol. The summed E-state index contributed by atoms with van der Waals surface area (Å²) in [6.07, 6.45) is 32.2. The molecule has 8 heteroatoms. The van der Waals surface area contributed by atoms with Crippen LogP contribution < -0.4 is 5.32 Å². The van der Waals surface area contributed by atoms with Crippen molar-refractivity contribution < 1.29 is 29.0 Å². The van der Waals surface area contributed by atoms with Crippen LogP contribution in [0.15, 0.2) is 97.4 Å². The van der Waals surface area contributed by atoms with Crippen molar-refractivity contribution in [3.8, 4) is 0 Å². The summed E-state index contributed by atoms with van der Waals surface area (Å²) in [6.45, 7) is 2.13. The van der Waals surface area contributed by atoms with Gasteiger partial charge in [-0.05, 0) is 63.5 Å². The molecular formula is C32H40N2O6. The van der Waals surface area contributed by atoms with Crippen molar-refractivity contribution in [2.45, 2.75) is 70.8 Å². The van der Waals surface area contributed by atoms with Crippen LogP contribution in [0.3, 0.4) is 0 Å². The highest BCUT2D eigenvalue weighted by Gasteiger charge is 2.25. The third-order valence-corrected chi connectivity index (χ3v) is 5.27. The molecule has 214 valence electrons. The number of hydrogen-bond acceptors (Lipinski definition) is 6. The van der Waals surface area contributed by atoms with Crippen molar-refractivity contribution in [3.63, 3.8) is 0 Å². The first-order valence-electron chi connectivity index (χ1n) is 13.5. The number of amides is 1. The van der Waals surface area contributed by atoms with Crippen LogP contribution in [-0.2, 0) is 19.1 Å². The Morgan fingerprint density at radius 1 is 0.875 bits per heavy atom. The highest BCUT2D eigenvalue weighted by atomic mass is 16.6. The second kappa shape index (κ2) is 22.6. The van der Waals surface area contributed by atoms with Gasteiger partial charge in [0.15, 0.2) is 0 Å². The van der Waals surface area contributed by atoms with Crippen LogP contribution in [0.25, 0.3) is 0 Å². The minimum atomic E-state index is -1.29. The molecule has 1 aromatic rings. The van der Waals surface area contributed by atoms with Crippen LogP contribution in [0.4, 0.5) is 0 Å². The molecule has 0 fully saturated rings. The predicted molar refractivity (Wildman–Crippen MR) is 156 cm³/mol. The minimum Gasteiger partial charge on any atom is -0.481 e. The topological polar surface area (TPSA) is 123 Å². The molecule has 0 bridgehead atoms. The van der Waals surface area contributed by atoms with E-state index in [0.29, 0.717) is 12.8 Å². The van der Waals surface area contributed by atoms with Gasteiger partial charge in [-0.2, -0.15) is 0 Å². The molecule has 0 radical (unpaired) electrons. The fourth-order valence-electron chi connectivity index (χ4n) is 3.20. The Kier molecular flexibility index (Phi) is 19.1. The van der Waals surface area contributed by atoms with Gasteiger partial charge in [-0.15, -0.1) is 0 Å². The zero-order valence-corrected chi connectivity index (χ0v) is 23.1. The molecule has 0 spiro atoms.